The summed E-state index contributed by atoms with van der Waals surface area (Å²) in [4.78, 5) is 18.9. The van der Waals surface area contributed by atoms with Gasteiger partial charge in [0.1, 0.15) is 6.54 Å². The maximum atomic E-state index is 12.4. The first kappa shape index (κ1) is 25.3. The minimum Gasteiger partial charge on any atom is -0.369 e. The highest BCUT2D eigenvalue weighted by Crippen LogP contribution is 2.20. The predicted molar refractivity (Wildman–Crippen MR) is 120 cm³/mol. The third-order valence-corrected chi connectivity index (χ3v) is 4.63. The summed E-state index contributed by atoms with van der Waals surface area (Å²) in [7, 11) is 2.70. The summed E-state index contributed by atoms with van der Waals surface area (Å²) in [5, 5.41) is 6.07. The Morgan fingerprint density at radius 3 is 2.55 bits per heavy atom. The van der Waals surface area contributed by atoms with Gasteiger partial charge in [-0.3, -0.25) is 9.79 Å². The summed E-state index contributed by atoms with van der Waals surface area (Å²) in [6, 6.07) is 8.48. The largest absolute Gasteiger partial charge is 0.406 e. The molecule has 29 heavy (non-hydrogen) atoms. The van der Waals surface area contributed by atoms with Crippen LogP contribution in [-0.2, 0) is 4.79 Å². The van der Waals surface area contributed by atoms with Crippen molar-refractivity contribution < 1.29 is 18.0 Å². The summed E-state index contributed by atoms with van der Waals surface area (Å²) in [5.74, 6) is -0.241. The number of nitrogens with one attached hydrogen (secondary N) is 2. The number of hydrogen-bond donors (Lipinski definition) is 2. The van der Waals surface area contributed by atoms with E-state index in [1.807, 2.05) is 6.92 Å². The van der Waals surface area contributed by atoms with Crippen molar-refractivity contribution >= 4 is 41.5 Å². The number of anilines is 1. The zero-order valence-corrected chi connectivity index (χ0v) is 19.3. The number of halogens is 4. The lowest BCUT2D eigenvalue weighted by Gasteiger charge is -2.35. The molecule has 1 aliphatic heterocycles. The van der Waals surface area contributed by atoms with E-state index < -0.39 is 18.6 Å². The number of rotatable bonds is 5. The molecule has 0 saturated carbocycles. The van der Waals surface area contributed by atoms with Crippen LogP contribution >= 0.6 is 24.0 Å². The number of carbonyl (C=O) groups excluding carboxylic acids is 1. The van der Waals surface area contributed by atoms with E-state index in [1.165, 1.54) is 5.56 Å². The van der Waals surface area contributed by atoms with Gasteiger partial charge in [-0.25, -0.2) is 0 Å². The molecule has 1 aromatic carbocycles. The molecule has 2 N–H and O–H groups in total. The van der Waals surface area contributed by atoms with Crippen molar-refractivity contribution in [3.8, 4) is 0 Å². The number of likely N-dealkylation sites (N-methyl/N-ethyl adjacent to an activating group) is 1. The molecule has 1 heterocycles. The Balaban J connectivity index is 0.00000420. The summed E-state index contributed by atoms with van der Waals surface area (Å²) >= 11 is 0. The molecule has 0 radical (unpaired) electrons. The fourth-order valence-electron chi connectivity index (χ4n) is 3.12. The zero-order chi connectivity index (χ0) is 20.7. The molecule has 0 aromatic heterocycles. The van der Waals surface area contributed by atoms with E-state index in [2.05, 4.69) is 44.8 Å². The molecule has 6 nitrogen and oxygen atoms in total. The van der Waals surface area contributed by atoms with Gasteiger partial charge in [-0.15, -0.1) is 24.0 Å². The number of amides is 1. The van der Waals surface area contributed by atoms with Crippen molar-refractivity contribution in [1.82, 2.24) is 15.5 Å². The van der Waals surface area contributed by atoms with Crippen molar-refractivity contribution in [3.63, 3.8) is 0 Å². The van der Waals surface area contributed by atoms with Gasteiger partial charge in [-0.05, 0) is 31.9 Å². The molecule has 164 valence electrons. The predicted octanol–water partition coefficient (Wildman–Crippen LogP) is 2.77. The van der Waals surface area contributed by atoms with Crippen LogP contribution in [0.1, 0.15) is 18.4 Å². The highest BCUT2D eigenvalue weighted by Gasteiger charge is 2.31. The number of guanidine groups is 1. The number of benzene rings is 1. The van der Waals surface area contributed by atoms with Crippen LogP contribution < -0.4 is 15.5 Å². The van der Waals surface area contributed by atoms with Crippen molar-refractivity contribution in [1.29, 1.82) is 0 Å². The molecule has 1 aromatic rings. The summed E-state index contributed by atoms with van der Waals surface area (Å²) in [6.45, 7) is 2.28. The van der Waals surface area contributed by atoms with E-state index in [4.69, 9.17) is 0 Å². The fourth-order valence-corrected chi connectivity index (χ4v) is 3.12. The van der Waals surface area contributed by atoms with E-state index in [9.17, 15) is 18.0 Å². The number of nitrogens with zero attached hydrogens (tertiary/aromatic N) is 3. The molecule has 2 rings (SSSR count). The number of piperidine rings is 1. The van der Waals surface area contributed by atoms with E-state index in [1.54, 1.807) is 7.05 Å². The highest BCUT2D eigenvalue weighted by molar-refractivity contribution is 14.0. The van der Waals surface area contributed by atoms with Crippen LogP contribution in [0.4, 0.5) is 18.9 Å². The van der Waals surface area contributed by atoms with Crippen molar-refractivity contribution in [2.75, 3.05) is 45.2 Å². The molecule has 0 aliphatic carbocycles. The van der Waals surface area contributed by atoms with Crippen LogP contribution in [0.5, 0.6) is 0 Å². The van der Waals surface area contributed by atoms with Crippen LogP contribution in [0, 0.1) is 6.92 Å². The van der Waals surface area contributed by atoms with Gasteiger partial charge in [0.15, 0.2) is 5.96 Å². The lowest BCUT2D eigenvalue weighted by molar-refractivity contribution is -0.157. The van der Waals surface area contributed by atoms with Gasteiger partial charge in [-0.1, -0.05) is 17.7 Å². The second-order valence-corrected chi connectivity index (χ2v) is 7.06. The molecule has 1 atom stereocenters. The first-order valence-electron chi connectivity index (χ1n) is 9.27. The van der Waals surface area contributed by atoms with E-state index in [-0.39, 0.29) is 36.6 Å². The number of hydrogen-bond acceptors (Lipinski definition) is 3. The molecule has 0 bridgehead atoms. The number of aryl methyl sites for hydroxylation is 1. The summed E-state index contributed by atoms with van der Waals surface area (Å²) in [6.07, 6.45) is -2.45. The molecule has 0 spiro atoms. The Morgan fingerprint density at radius 2 is 1.97 bits per heavy atom. The molecular formula is C19H29F3IN5O. The van der Waals surface area contributed by atoms with Gasteiger partial charge >= 0.3 is 6.18 Å². The standard InChI is InChI=1S/C19H28F3N5O.HI/c1-14-6-8-16(9-7-14)27-10-4-5-15(12-27)25-18(23-2)24-11-17(28)26(3)13-19(20,21)22;/h6-9,15H,4-5,10-13H2,1-3H3,(H2,23,24,25);1H. The zero-order valence-electron chi connectivity index (χ0n) is 16.9. The van der Waals surface area contributed by atoms with Crippen LogP contribution in [-0.4, -0.2) is 69.3 Å². The SMILES string of the molecule is CN=C(NCC(=O)N(C)CC(F)(F)F)NC1CCCN(c2ccc(C)cc2)C1.I. The van der Waals surface area contributed by atoms with Gasteiger partial charge in [-0.2, -0.15) is 13.2 Å². The lowest BCUT2D eigenvalue weighted by atomic mass is 10.0. The van der Waals surface area contributed by atoms with Crippen molar-refractivity contribution in [2.45, 2.75) is 32.0 Å². The first-order valence-corrected chi connectivity index (χ1v) is 9.27. The first-order chi connectivity index (χ1) is 13.2. The normalized spacial score (nSPS) is 17.4. The Bertz CT molecular complexity index is 681. The molecule has 1 saturated heterocycles. The topological polar surface area (TPSA) is 60.0 Å². The Kier molecular flexibility index (Phi) is 10.0. The summed E-state index contributed by atoms with van der Waals surface area (Å²) < 4.78 is 37.2. The molecule has 1 amide bonds. The second-order valence-electron chi connectivity index (χ2n) is 7.06. The Morgan fingerprint density at radius 1 is 1.31 bits per heavy atom. The van der Waals surface area contributed by atoms with E-state index >= 15 is 0 Å². The maximum Gasteiger partial charge on any atom is 0.406 e. The van der Waals surface area contributed by atoms with Gasteiger partial charge in [0.2, 0.25) is 5.91 Å². The molecule has 1 unspecified atom stereocenters. The Hall–Kier alpha value is -1.72. The smallest absolute Gasteiger partial charge is 0.369 e. The average Bonchev–Trinajstić information content (AvgIpc) is 2.64. The number of alkyl halides is 3. The molecule has 1 fully saturated rings. The second kappa shape index (κ2) is 11.5. The van der Waals surface area contributed by atoms with Gasteiger partial charge in [0.25, 0.3) is 0 Å². The van der Waals surface area contributed by atoms with Crippen LogP contribution in [0.3, 0.4) is 0 Å². The lowest BCUT2D eigenvalue weighted by Crippen LogP contribution is -2.52. The quantitative estimate of drug-likeness (QED) is 0.352. The molecule has 1 aliphatic rings. The summed E-state index contributed by atoms with van der Waals surface area (Å²) in [5.41, 5.74) is 2.36. The van der Waals surface area contributed by atoms with Gasteiger partial charge in [0, 0.05) is 38.9 Å². The highest BCUT2D eigenvalue weighted by atomic mass is 127. The minimum atomic E-state index is -4.41. The van der Waals surface area contributed by atoms with Crippen LogP contribution in [0.25, 0.3) is 0 Å². The molecule has 10 heteroatoms. The third-order valence-electron chi connectivity index (χ3n) is 4.63. The van der Waals surface area contributed by atoms with Gasteiger partial charge in [0.05, 0.1) is 6.54 Å². The van der Waals surface area contributed by atoms with Crippen LogP contribution in [0.15, 0.2) is 29.3 Å². The maximum absolute atomic E-state index is 12.4. The number of aliphatic imine (C=N–C) groups is 1. The molecular weight excluding hydrogens is 498 g/mol. The van der Waals surface area contributed by atoms with E-state index in [0.717, 1.165) is 38.7 Å². The third kappa shape index (κ3) is 8.67. The van der Waals surface area contributed by atoms with Crippen LogP contribution in [0.2, 0.25) is 0 Å². The van der Waals surface area contributed by atoms with E-state index in [0.29, 0.717) is 10.9 Å². The Labute approximate surface area is 186 Å². The van der Waals surface area contributed by atoms with Crippen molar-refractivity contribution in [2.24, 2.45) is 4.99 Å². The van der Waals surface area contributed by atoms with Gasteiger partial charge < -0.3 is 20.4 Å². The minimum absolute atomic E-state index is 0. The fraction of sp³-hybridized carbons (Fsp3) is 0.579. The monoisotopic (exact) mass is 527 g/mol. The number of carbonyl (C=O) groups is 1. The average molecular weight is 527 g/mol. The van der Waals surface area contributed by atoms with Crippen molar-refractivity contribution in [3.05, 3.63) is 29.8 Å².